The first-order valence-electron chi connectivity index (χ1n) is 7.63. The van der Waals surface area contributed by atoms with Gasteiger partial charge in [0.05, 0.1) is 12.8 Å². The van der Waals surface area contributed by atoms with E-state index in [1.807, 2.05) is 0 Å². The summed E-state index contributed by atoms with van der Waals surface area (Å²) in [6.45, 7) is 1.74. The Morgan fingerprint density at radius 3 is 2.42 bits per heavy atom. The Bertz CT molecular complexity index is 932. The van der Waals surface area contributed by atoms with Gasteiger partial charge in [0.1, 0.15) is 28.9 Å². The molecule has 5 nitrogen and oxygen atoms in total. The first-order valence-corrected chi connectivity index (χ1v) is 8.01. The highest BCUT2D eigenvalue weighted by Gasteiger charge is 2.12. The lowest BCUT2D eigenvalue weighted by atomic mass is 10.3. The monoisotopic (exact) mass is 376 g/mol. The fourth-order valence-corrected chi connectivity index (χ4v) is 2.51. The topological polar surface area (TPSA) is 59.1 Å². The number of nitrogens with one attached hydrogen (secondary N) is 2. The molecule has 0 aliphatic heterocycles. The number of methoxy groups -OCH3 is 1. The molecule has 134 valence electrons. The second-order valence-electron chi connectivity index (χ2n) is 5.41. The van der Waals surface area contributed by atoms with Crippen molar-refractivity contribution in [3.05, 3.63) is 64.8 Å². The summed E-state index contributed by atoms with van der Waals surface area (Å²) >= 11 is 6.02. The van der Waals surface area contributed by atoms with E-state index < -0.39 is 11.6 Å². The fourth-order valence-electron chi connectivity index (χ4n) is 2.33. The number of hydrogen-bond acceptors (Lipinski definition) is 5. The summed E-state index contributed by atoms with van der Waals surface area (Å²) in [7, 11) is 1.54. The van der Waals surface area contributed by atoms with Crippen molar-refractivity contribution in [2.24, 2.45) is 0 Å². The van der Waals surface area contributed by atoms with Crippen LogP contribution in [0.3, 0.4) is 0 Å². The van der Waals surface area contributed by atoms with Crippen LogP contribution in [0.5, 0.6) is 5.75 Å². The predicted octanol–water partition coefficient (Wildman–Crippen LogP) is 5.21. The highest BCUT2D eigenvalue weighted by atomic mass is 35.5. The van der Waals surface area contributed by atoms with Gasteiger partial charge in [-0.25, -0.2) is 13.8 Å². The van der Waals surface area contributed by atoms with Gasteiger partial charge in [-0.2, -0.15) is 4.98 Å². The van der Waals surface area contributed by atoms with Crippen LogP contribution in [-0.4, -0.2) is 17.1 Å². The number of aromatic nitrogens is 2. The highest BCUT2D eigenvalue weighted by Crippen LogP contribution is 2.30. The van der Waals surface area contributed by atoms with Gasteiger partial charge in [-0.15, -0.1) is 0 Å². The normalized spacial score (nSPS) is 10.5. The molecular weight excluding hydrogens is 362 g/mol. The maximum absolute atomic E-state index is 13.8. The molecule has 2 N–H and O–H groups in total. The van der Waals surface area contributed by atoms with Crippen LogP contribution in [0, 0.1) is 18.6 Å². The van der Waals surface area contributed by atoms with Gasteiger partial charge in [0, 0.05) is 16.8 Å². The molecule has 1 aromatic heterocycles. The van der Waals surface area contributed by atoms with Crippen LogP contribution in [0.15, 0.2) is 42.5 Å². The van der Waals surface area contributed by atoms with Crippen LogP contribution in [-0.2, 0) is 0 Å². The Morgan fingerprint density at radius 1 is 1.00 bits per heavy atom. The molecule has 0 radical (unpaired) electrons. The average Bonchev–Trinajstić information content (AvgIpc) is 2.58. The SMILES string of the molecule is COc1ccc(Cl)cc1Nc1cc(C)nc(Nc2c(F)cccc2F)n1. The van der Waals surface area contributed by atoms with E-state index in [1.165, 1.54) is 13.2 Å². The van der Waals surface area contributed by atoms with Crippen molar-refractivity contribution in [2.75, 3.05) is 17.7 Å². The third-order valence-corrected chi connectivity index (χ3v) is 3.71. The minimum atomic E-state index is -0.735. The van der Waals surface area contributed by atoms with Gasteiger partial charge in [-0.1, -0.05) is 17.7 Å². The standard InChI is InChI=1S/C18H15ClF2N4O/c1-10-8-16(23-14-9-11(19)6-7-15(14)26-2)24-18(22-10)25-17-12(20)4-3-5-13(17)21/h3-9H,1-2H3,(H2,22,23,24,25). The largest absolute Gasteiger partial charge is 0.495 e. The zero-order chi connectivity index (χ0) is 18.7. The fraction of sp³-hybridized carbons (Fsp3) is 0.111. The van der Waals surface area contributed by atoms with Crippen LogP contribution in [0.2, 0.25) is 5.02 Å². The Kier molecular flexibility index (Phi) is 5.18. The van der Waals surface area contributed by atoms with Gasteiger partial charge in [0.25, 0.3) is 0 Å². The molecule has 3 aromatic rings. The van der Waals surface area contributed by atoms with Crippen molar-refractivity contribution in [3.63, 3.8) is 0 Å². The molecule has 0 amide bonds. The number of benzene rings is 2. The summed E-state index contributed by atoms with van der Waals surface area (Å²) < 4.78 is 32.9. The molecule has 0 unspecified atom stereocenters. The van der Waals surface area contributed by atoms with E-state index >= 15 is 0 Å². The molecule has 0 atom stereocenters. The molecule has 2 aromatic carbocycles. The number of halogens is 3. The number of hydrogen-bond donors (Lipinski definition) is 2. The molecule has 3 rings (SSSR count). The summed E-state index contributed by atoms with van der Waals surface area (Å²) in [5.74, 6) is -0.433. The Balaban J connectivity index is 1.92. The zero-order valence-electron chi connectivity index (χ0n) is 14.0. The van der Waals surface area contributed by atoms with Crippen molar-refractivity contribution in [1.29, 1.82) is 0 Å². The van der Waals surface area contributed by atoms with E-state index in [1.54, 1.807) is 31.2 Å². The summed E-state index contributed by atoms with van der Waals surface area (Å²) in [5, 5.41) is 6.17. The zero-order valence-corrected chi connectivity index (χ0v) is 14.7. The van der Waals surface area contributed by atoms with Gasteiger partial charge in [-0.3, -0.25) is 0 Å². The van der Waals surface area contributed by atoms with Crippen molar-refractivity contribution in [3.8, 4) is 5.75 Å². The maximum atomic E-state index is 13.8. The van der Waals surface area contributed by atoms with Gasteiger partial charge in [0.15, 0.2) is 0 Å². The lowest BCUT2D eigenvalue weighted by molar-refractivity contribution is 0.417. The third-order valence-electron chi connectivity index (χ3n) is 3.48. The number of para-hydroxylation sites is 1. The van der Waals surface area contributed by atoms with Crippen LogP contribution >= 0.6 is 11.6 Å². The minimum Gasteiger partial charge on any atom is -0.495 e. The Hall–Kier alpha value is -2.93. The van der Waals surface area contributed by atoms with E-state index in [-0.39, 0.29) is 11.6 Å². The minimum absolute atomic E-state index is 0.0532. The van der Waals surface area contributed by atoms with Gasteiger partial charge in [0.2, 0.25) is 5.95 Å². The van der Waals surface area contributed by atoms with Crippen molar-refractivity contribution in [2.45, 2.75) is 6.92 Å². The van der Waals surface area contributed by atoms with Crippen LogP contribution in [0.1, 0.15) is 5.69 Å². The number of aryl methyl sites for hydroxylation is 1. The smallest absolute Gasteiger partial charge is 0.229 e. The summed E-state index contributed by atoms with van der Waals surface area (Å²) in [5.41, 5.74) is 0.883. The first kappa shape index (κ1) is 17.9. The third kappa shape index (κ3) is 4.00. The van der Waals surface area contributed by atoms with E-state index in [0.29, 0.717) is 28.0 Å². The number of rotatable bonds is 5. The summed E-state index contributed by atoms with van der Waals surface area (Å²) in [4.78, 5) is 8.41. The van der Waals surface area contributed by atoms with E-state index in [9.17, 15) is 8.78 Å². The molecule has 1 heterocycles. The summed E-state index contributed by atoms with van der Waals surface area (Å²) in [6.07, 6.45) is 0. The predicted molar refractivity (Wildman–Crippen MR) is 97.7 cm³/mol. The maximum Gasteiger partial charge on any atom is 0.229 e. The quantitative estimate of drug-likeness (QED) is 0.640. The number of anilines is 4. The molecule has 0 aliphatic rings. The number of nitrogens with zero attached hydrogens (tertiary/aromatic N) is 2. The lowest BCUT2D eigenvalue weighted by Crippen LogP contribution is -2.05. The summed E-state index contributed by atoms with van der Waals surface area (Å²) in [6, 6.07) is 10.4. The molecule has 0 saturated heterocycles. The second kappa shape index (κ2) is 7.53. The Labute approximate surface area is 154 Å². The molecule has 26 heavy (non-hydrogen) atoms. The van der Waals surface area contributed by atoms with Crippen molar-refractivity contribution in [1.82, 2.24) is 9.97 Å². The van der Waals surface area contributed by atoms with E-state index in [4.69, 9.17) is 16.3 Å². The molecule has 8 heteroatoms. The van der Waals surface area contributed by atoms with Crippen LogP contribution in [0.4, 0.5) is 31.9 Å². The van der Waals surface area contributed by atoms with Gasteiger partial charge >= 0.3 is 0 Å². The highest BCUT2D eigenvalue weighted by molar-refractivity contribution is 6.31. The van der Waals surface area contributed by atoms with Crippen LogP contribution in [0.25, 0.3) is 0 Å². The molecule has 0 bridgehead atoms. The average molecular weight is 377 g/mol. The Morgan fingerprint density at radius 2 is 1.73 bits per heavy atom. The number of ether oxygens (including phenoxy) is 1. The second-order valence-corrected chi connectivity index (χ2v) is 5.85. The first-order chi connectivity index (χ1) is 12.5. The van der Waals surface area contributed by atoms with Gasteiger partial charge in [-0.05, 0) is 37.3 Å². The van der Waals surface area contributed by atoms with Crippen molar-refractivity contribution >= 4 is 34.7 Å². The molecule has 0 fully saturated rings. The van der Waals surface area contributed by atoms with Crippen molar-refractivity contribution < 1.29 is 13.5 Å². The van der Waals surface area contributed by atoms with E-state index in [0.717, 1.165) is 12.1 Å². The van der Waals surface area contributed by atoms with E-state index in [2.05, 4.69) is 20.6 Å². The molecule has 0 aliphatic carbocycles. The van der Waals surface area contributed by atoms with Gasteiger partial charge < -0.3 is 15.4 Å². The molecular formula is C18H15ClF2N4O. The molecule has 0 spiro atoms. The lowest BCUT2D eigenvalue weighted by Gasteiger charge is -2.13. The molecule has 0 saturated carbocycles. The van der Waals surface area contributed by atoms with Crippen LogP contribution < -0.4 is 15.4 Å².